The first-order chi connectivity index (χ1) is 16.9. The smallest absolute Gasteiger partial charge is 0.166 e. The van der Waals surface area contributed by atoms with Gasteiger partial charge in [-0.25, -0.2) is 8.78 Å². The molecule has 0 aliphatic rings. The Morgan fingerprint density at radius 2 is 1.71 bits per heavy atom. The van der Waals surface area contributed by atoms with Gasteiger partial charge in [0, 0.05) is 32.8 Å². The van der Waals surface area contributed by atoms with Crippen molar-refractivity contribution in [3.63, 3.8) is 0 Å². The van der Waals surface area contributed by atoms with Crippen LogP contribution in [0.25, 0.3) is 6.08 Å². The van der Waals surface area contributed by atoms with Crippen molar-refractivity contribution in [2.24, 2.45) is 0 Å². The Kier molecular flexibility index (Phi) is 9.83. The lowest BCUT2D eigenvalue weighted by atomic mass is 10.0. The van der Waals surface area contributed by atoms with Crippen LogP contribution in [0, 0.1) is 11.6 Å². The second kappa shape index (κ2) is 13.0. The number of nitrogens with zero attached hydrogens (tertiary/aromatic N) is 2. The number of anilines is 1. The second-order valence-corrected chi connectivity index (χ2v) is 9.16. The molecule has 1 heterocycles. The lowest BCUT2D eigenvalue weighted by Crippen LogP contribution is -2.18. The van der Waals surface area contributed by atoms with Gasteiger partial charge in [-0.1, -0.05) is 62.2 Å². The normalized spacial score (nSPS) is 11.3. The van der Waals surface area contributed by atoms with E-state index in [2.05, 4.69) is 47.9 Å². The van der Waals surface area contributed by atoms with Crippen LogP contribution in [0.2, 0.25) is 0 Å². The van der Waals surface area contributed by atoms with Crippen LogP contribution in [0.15, 0.2) is 60.7 Å². The molecule has 0 saturated heterocycles. The summed E-state index contributed by atoms with van der Waals surface area (Å²) in [5.41, 5.74) is 3.61. The van der Waals surface area contributed by atoms with E-state index in [0.717, 1.165) is 56.2 Å². The van der Waals surface area contributed by atoms with E-state index in [0.29, 0.717) is 17.5 Å². The van der Waals surface area contributed by atoms with E-state index in [-0.39, 0.29) is 12.2 Å². The summed E-state index contributed by atoms with van der Waals surface area (Å²) in [4.78, 5) is 15.3. The third kappa shape index (κ3) is 7.38. The highest BCUT2D eigenvalue weighted by molar-refractivity contribution is 6.01. The quantitative estimate of drug-likeness (QED) is 0.188. The van der Waals surface area contributed by atoms with E-state index in [1.165, 1.54) is 17.7 Å². The molecule has 1 aromatic heterocycles. The van der Waals surface area contributed by atoms with Gasteiger partial charge in [0.25, 0.3) is 0 Å². The molecule has 3 rings (SSSR count). The number of hydrogen-bond donors (Lipinski definition) is 0. The molecule has 5 heteroatoms. The van der Waals surface area contributed by atoms with Gasteiger partial charge in [-0.3, -0.25) is 4.79 Å². The summed E-state index contributed by atoms with van der Waals surface area (Å²) < 4.78 is 29.1. The zero-order chi connectivity index (χ0) is 25.2. The van der Waals surface area contributed by atoms with E-state index in [1.54, 1.807) is 0 Å². The first kappa shape index (κ1) is 26.4. The van der Waals surface area contributed by atoms with Crippen molar-refractivity contribution in [2.75, 3.05) is 19.0 Å². The molecule has 2 aromatic carbocycles. The summed E-state index contributed by atoms with van der Waals surface area (Å²) in [5, 5.41) is 0. The monoisotopic (exact) mass is 478 g/mol. The molecule has 0 unspecified atom stereocenters. The Morgan fingerprint density at radius 3 is 2.40 bits per heavy atom. The standard InChI is InChI=1S/C30H36F2N2O/c1-4-5-6-10-15-25-22-26(29(35)19-17-24-16-18-27(31)28(32)21-24)30(33(2)3)34(25)20-11-14-23-12-8-7-9-13-23/h7-10,12-13,15-16,18,21-22H,4-6,11,14,17,19-20H2,1-3H3/b15-10+. The largest absolute Gasteiger partial charge is 0.364 e. The maximum atomic E-state index is 13.6. The maximum Gasteiger partial charge on any atom is 0.166 e. The highest BCUT2D eigenvalue weighted by atomic mass is 19.2. The molecular weight excluding hydrogens is 442 g/mol. The average Bonchev–Trinajstić information content (AvgIpc) is 3.22. The molecule has 3 nitrogen and oxygen atoms in total. The Morgan fingerprint density at radius 1 is 0.943 bits per heavy atom. The SMILES string of the molecule is CCCC/C=C/c1cc(C(=O)CCc2ccc(F)c(F)c2)c(N(C)C)n1CCCc1ccccc1. The lowest BCUT2D eigenvalue weighted by molar-refractivity contribution is 0.0983. The van der Waals surface area contributed by atoms with E-state index in [1.807, 2.05) is 31.1 Å². The van der Waals surface area contributed by atoms with Gasteiger partial charge in [0.1, 0.15) is 5.82 Å². The van der Waals surface area contributed by atoms with Gasteiger partial charge in [0.05, 0.1) is 5.56 Å². The number of Topliss-reactive ketones (excluding diaryl/α,β-unsaturated/α-hetero) is 1. The Bertz CT molecular complexity index is 1130. The number of carbonyl (C=O) groups is 1. The Hall–Kier alpha value is -3.21. The van der Waals surface area contributed by atoms with Gasteiger partial charge in [-0.05, 0) is 61.1 Å². The number of rotatable bonds is 13. The minimum atomic E-state index is -0.881. The van der Waals surface area contributed by atoms with Gasteiger partial charge in [0.15, 0.2) is 17.4 Å². The summed E-state index contributed by atoms with van der Waals surface area (Å²) >= 11 is 0. The number of carbonyl (C=O) groups excluding carboxylic acids is 1. The topological polar surface area (TPSA) is 25.2 Å². The summed E-state index contributed by atoms with van der Waals surface area (Å²) in [7, 11) is 3.92. The molecular formula is C30H36F2N2O. The summed E-state index contributed by atoms with van der Waals surface area (Å²) in [6.07, 6.45) is 10.1. The summed E-state index contributed by atoms with van der Waals surface area (Å²) in [5.74, 6) is -0.859. The van der Waals surface area contributed by atoms with E-state index < -0.39 is 11.6 Å². The number of allylic oxidation sites excluding steroid dienone is 1. The van der Waals surface area contributed by atoms with Gasteiger partial charge < -0.3 is 9.47 Å². The van der Waals surface area contributed by atoms with Crippen LogP contribution in [0.4, 0.5) is 14.6 Å². The predicted molar refractivity (Wildman–Crippen MR) is 141 cm³/mol. The fourth-order valence-corrected chi connectivity index (χ4v) is 4.32. The number of halogens is 2. The highest BCUT2D eigenvalue weighted by Crippen LogP contribution is 2.28. The summed E-state index contributed by atoms with van der Waals surface area (Å²) in [6, 6.07) is 16.2. The van der Waals surface area contributed by atoms with Crippen LogP contribution in [0.1, 0.15) is 66.2 Å². The molecule has 0 fully saturated rings. The van der Waals surface area contributed by atoms with Crippen molar-refractivity contribution in [3.05, 3.63) is 94.7 Å². The van der Waals surface area contributed by atoms with Gasteiger partial charge in [-0.2, -0.15) is 0 Å². The second-order valence-electron chi connectivity index (χ2n) is 9.16. The molecule has 3 aromatic rings. The molecule has 0 saturated carbocycles. The number of aromatic nitrogens is 1. The molecule has 186 valence electrons. The molecule has 0 aliphatic heterocycles. The minimum Gasteiger partial charge on any atom is -0.364 e. The van der Waals surface area contributed by atoms with E-state index in [9.17, 15) is 13.6 Å². The lowest BCUT2D eigenvalue weighted by Gasteiger charge is -2.20. The van der Waals surface area contributed by atoms with Crippen LogP contribution >= 0.6 is 0 Å². The van der Waals surface area contributed by atoms with Crippen LogP contribution in [-0.2, 0) is 19.4 Å². The van der Waals surface area contributed by atoms with Gasteiger partial charge >= 0.3 is 0 Å². The molecule has 0 aliphatic carbocycles. The van der Waals surface area contributed by atoms with Crippen molar-refractivity contribution in [1.82, 2.24) is 4.57 Å². The van der Waals surface area contributed by atoms with Gasteiger partial charge in [-0.15, -0.1) is 0 Å². The zero-order valence-corrected chi connectivity index (χ0v) is 21.1. The van der Waals surface area contributed by atoms with Crippen molar-refractivity contribution in [3.8, 4) is 0 Å². The molecule has 0 spiro atoms. The maximum absolute atomic E-state index is 13.6. The van der Waals surface area contributed by atoms with E-state index in [4.69, 9.17) is 0 Å². The summed E-state index contributed by atoms with van der Waals surface area (Å²) in [6.45, 7) is 2.97. The third-order valence-corrected chi connectivity index (χ3v) is 6.15. The predicted octanol–water partition coefficient (Wildman–Crippen LogP) is 7.48. The van der Waals surface area contributed by atoms with Crippen molar-refractivity contribution >= 4 is 17.7 Å². The molecule has 0 amide bonds. The number of benzene rings is 2. The van der Waals surface area contributed by atoms with Crippen LogP contribution in [0.5, 0.6) is 0 Å². The number of hydrogen-bond acceptors (Lipinski definition) is 2. The van der Waals surface area contributed by atoms with Crippen LogP contribution in [0.3, 0.4) is 0 Å². The number of ketones is 1. The first-order valence-electron chi connectivity index (χ1n) is 12.5. The number of aryl methyl sites for hydroxylation is 2. The van der Waals surface area contributed by atoms with Crippen molar-refractivity contribution in [1.29, 1.82) is 0 Å². The van der Waals surface area contributed by atoms with Crippen molar-refractivity contribution in [2.45, 2.75) is 58.4 Å². The molecule has 35 heavy (non-hydrogen) atoms. The first-order valence-corrected chi connectivity index (χ1v) is 12.5. The van der Waals surface area contributed by atoms with Crippen LogP contribution < -0.4 is 4.90 Å². The highest BCUT2D eigenvalue weighted by Gasteiger charge is 2.21. The molecule has 0 bridgehead atoms. The van der Waals surface area contributed by atoms with Crippen molar-refractivity contribution < 1.29 is 13.6 Å². The molecule has 0 N–H and O–H groups in total. The Labute approximate surface area is 208 Å². The van der Waals surface area contributed by atoms with Crippen LogP contribution in [-0.4, -0.2) is 24.4 Å². The third-order valence-electron chi connectivity index (χ3n) is 6.15. The average molecular weight is 479 g/mol. The Balaban J connectivity index is 1.83. The van der Waals surface area contributed by atoms with Gasteiger partial charge in [0.2, 0.25) is 0 Å². The van der Waals surface area contributed by atoms with E-state index >= 15 is 0 Å². The number of unbranched alkanes of at least 4 members (excludes halogenated alkanes) is 2. The fraction of sp³-hybridized carbons (Fsp3) is 0.367. The zero-order valence-electron chi connectivity index (χ0n) is 21.1. The molecule has 0 radical (unpaired) electrons. The molecule has 0 atom stereocenters. The fourth-order valence-electron chi connectivity index (χ4n) is 4.32. The minimum absolute atomic E-state index is 0.00320.